The van der Waals surface area contributed by atoms with Gasteiger partial charge in [-0.3, -0.25) is 9.89 Å². The Balaban J connectivity index is 1.54. The molecule has 0 saturated carbocycles. The van der Waals surface area contributed by atoms with Crippen LogP contribution in [0.15, 0.2) is 53.1 Å². The number of rotatable bonds is 8. The van der Waals surface area contributed by atoms with Crippen LogP contribution in [0.25, 0.3) is 11.6 Å². The summed E-state index contributed by atoms with van der Waals surface area (Å²) >= 11 is 0. The molecule has 1 amide bonds. The second kappa shape index (κ2) is 8.28. The number of furan rings is 1. The molecular weight excluding hydrogens is 316 g/mol. The summed E-state index contributed by atoms with van der Waals surface area (Å²) < 4.78 is 5.27. The minimum absolute atomic E-state index is 0.0545. The van der Waals surface area contributed by atoms with E-state index < -0.39 is 0 Å². The SMILES string of the molecule is CCC[C@H](C(=O)NCCc1nc(-c2ccco2)n[nH]1)c1ccccc1. The van der Waals surface area contributed by atoms with Crippen LogP contribution in [-0.4, -0.2) is 27.6 Å². The molecule has 3 rings (SSSR count). The summed E-state index contributed by atoms with van der Waals surface area (Å²) in [5.41, 5.74) is 1.06. The topological polar surface area (TPSA) is 83.8 Å². The molecule has 2 N–H and O–H groups in total. The minimum Gasteiger partial charge on any atom is -0.461 e. The first-order valence-electron chi connectivity index (χ1n) is 8.55. The van der Waals surface area contributed by atoms with E-state index in [-0.39, 0.29) is 11.8 Å². The zero-order valence-corrected chi connectivity index (χ0v) is 14.2. The molecule has 2 heterocycles. The first-order valence-corrected chi connectivity index (χ1v) is 8.55. The fourth-order valence-corrected chi connectivity index (χ4v) is 2.77. The van der Waals surface area contributed by atoms with Crippen LogP contribution in [0.3, 0.4) is 0 Å². The van der Waals surface area contributed by atoms with Crippen molar-refractivity contribution in [3.05, 3.63) is 60.1 Å². The standard InChI is InChI=1S/C19H22N4O2/c1-2-7-15(14-8-4-3-5-9-14)19(24)20-12-11-17-21-18(23-22-17)16-10-6-13-25-16/h3-6,8-10,13,15H,2,7,11-12H2,1H3,(H,20,24)(H,21,22,23)/t15-/m0/s1. The van der Waals surface area contributed by atoms with Gasteiger partial charge < -0.3 is 9.73 Å². The van der Waals surface area contributed by atoms with E-state index in [0.29, 0.717) is 24.6 Å². The van der Waals surface area contributed by atoms with Crippen LogP contribution in [0.2, 0.25) is 0 Å². The van der Waals surface area contributed by atoms with Crippen molar-refractivity contribution in [3.63, 3.8) is 0 Å². The molecule has 130 valence electrons. The fourth-order valence-electron chi connectivity index (χ4n) is 2.77. The maximum atomic E-state index is 12.5. The zero-order chi connectivity index (χ0) is 17.5. The van der Waals surface area contributed by atoms with Crippen LogP contribution in [0, 0.1) is 0 Å². The lowest BCUT2D eigenvalue weighted by atomic mass is 9.93. The van der Waals surface area contributed by atoms with Gasteiger partial charge in [-0.1, -0.05) is 43.7 Å². The number of nitrogens with zero attached hydrogens (tertiary/aromatic N) is 2. The highest BCUT2D eigenvalue weighted by molar-refractivity contribution is 5.83. The number of aromatic amines is 1. The summed E-state index contributed by atoms with van der Waals surface area (Å²) in [5.74, 6) is 1.81. The summed E-state index contributed by atoms with van der Waals surface area (Å²) in [6.45, 7) is 2.60. The van der Waals surface area contributed by atoms with Crippen LogP contribution in [0.5, 0.6) is 0 Å². The molecule has 0 radical (unpaired) electrons. The molecule has 3 aromatic rings. The number of benzene rings is 1. The van der Waals surface area contributed by atoms with Gasteiger partial charge in [0, 0.05) is 13.0 Å². The Kier molecular flexibility index (Phi) is 5.61. The van der Waals surface area contributed by atoms with Crippen LogP contribution in [0.1, 0.15) is 37.1 Å². The van der Waals surface area contributed by atoms with Crippen LogP contribution >= 0.6 is 0 Å². The van der Waals surface area contributed by atoms with Crippen molar-refractivity contribution >= 4 is 5.91 Å². The summed E-state index contributed by atoms with van der Waals surface area (Å²) in [7, 11) is 0. The average molecular weight is 338 g/mol. The van der Waals surface area contributed by atoms with Crippen molar-refractivity contribution < 1.29 is 9.21 Å². The lowest BCUT2D eigenvalue weighted by Crippen LogP contribution is -2.31. The van der Waals surface area contributed by atoms with Gasteiger partial charge in [0.1, 0.15) is 5.82 Å². The number of H-pyrrole nitrogens is 1. The van der Waals surface area contributed by atoms with Crippen LogP contribution in [0.4, 0.5) is 0 Å². The van der Waals surface area contributed by atoms with Gasteiger partial charge in [0.25, 0.3) is 0 Å². The molecule has 0 spiro atoms. The van der Waals surface area contributed by atoms with E-state index in [9.17, 15) is 4.79 Å². The van der Waals surface area contributed by atoms with E-state index in [0.717, 1.165) is 24.2 Å². The number of carbonyl (C=O) groups excluding carboxylic acids is 1. The smallest absolute Gasteiger partial charge is 0.227 e. The highest BCUT2D eigenvalue weighted by Crippen LogP contribution is 2.21. The van der Waals surface area contributed by atoms with E-state index in [1.54, 1.807) is 12.3 Å². The molecule has 0 unspecified atom stereocenters. The normalized spacial score (nSPS) is 12.0. The lowest BCUT2D eigenvalue weighted by Gasteiger charge is -2.16. The van der Waals surface area contributed by atoms with Gasteiger partial charge in [-0.15, -0.1) is 0 Å². The number of amides is 1. The largest absolute Gasteiger partial charge is 0.461 e. The molecule has 2 aromatic heterocycles. The molecule has 0 fully saturated rings. The quantitative estimate of drug-likeness (QED) is 0.660. The summed E-state index contributed by atoms with van der Waals surface area (Å²) in [4.78, 5) is 16.9. The van der Waals surface area contributed by atoms with Crippen molar-refractivity contribution in [3.8, 4) is 11.6 Å². The first-order chi connectivity index (χ1) is 12.3. The van der Waals surface area contributed by atoms with Gasteiger partial charge >= 0.3 is 0 Å². The first kappa shape index (κ1) is 17.0. The van der Waals surface area contributed by atoms with Crippen molar-refractivity contribution in [1.29, 1.82) is 0 Å². The minimum atomic E-state index is -0.111. The maximum absolute atomic E-state index is 12.5. The van der Waals surface area contributed by atoms with Crippen molar-refractivity contribution in [2.45, 2.75) is 32.1 Å². The van der Waals surface area contributed by atoms with E-state index in [1.165, 1.54) is 0 Å². The molecule has 1 atom stereocenters. The Hall–Kier alpha value is -2.89. The summed E-state index contributed by atoms with van der Waals surface area (Å²) in [6.07, 6.45) is 3.97. The molecule has 0 aliphatic heterocycles. The predicted octanol–water partition coefficient (Wildman–Crippen LogP) is 3.31. The third-order valence-corrected chi connectivity index (χ3v) is 4.03. The van der Waals surface area contributed by atoms with Crippen molar-refractivity contribution in [2.75, 3.05) is 6.54 Å². The Morgan fingerprint density at radius 1 is 1.24 bits per heavy atom. The summed E-state index contributed by atoms with van der Waals surface area (Å²) in [6, 6.07) is 13.5. The average Bonchev–Trinajstić information content (AvgIpc) is 3.31. The van der Waals surface area contributed by atoms with Crippen LogP contribution in [-0.2, 0) is 11.2 Å². The highest BCUT2D eigenvalue weighted by atomic mass is 16.3. The Labute approximate surface area is 146 Å². The predicted molar refractivity (Wildman–Crippen MR) is 94.9 cm³/mol. The molecular formula is C19H22N4O2. The third kappa shape index (κ3) is 4.35. The Bertz CT molecular complexity index is 781. The molecule has 0 aliphatic carbocycles. The molecule has 6 nitrogen and oxygen atoms in total. The summed E-state index contributed by atoms with van der Waals surface area (Å²) in [5, 5.41) is 10.0. The van der Waals surface area contributed by atoms with E-state index in [1.807, 2.05) is 36.4 Å². The van der Waals surface area contributed by atoms with Gasteiger partial charge in [-0.25, -0.2) is 4.98 Å². The van der Waals surface area contributed by atoms with Crippen molar-refractivity contribution in [2.24, 2.45) is 0 Å². The molecule has 0 bridgehead atoms. The number of hydrogen-bond donors (Lipinski definition) is 2. The Morgan fingerprint density at radius 2 is 2.08 bits per heavy atom. The van der Waals surface area contributed by atoms with Crippen molar-refractivity contribution in [1.82, 2.24) is 20.5 Å². The fraction of sp³-hybridized carbons (Fsp3) is 0.316. The second-order valence-electron chi connectivity index (χ2n) is 5.88. The number of hydrogen-bond acceptors (Lipinski definition) is 4. The molecule has 6 heteroatoms. The number of nitrogens with one attached hydrogen (secondary N) is 2. The molecule has 25 heavy (non-hydrogen) atoms. The highest BCUT2D eigenvalue weighted by Gasteiger charge is 2.19. The number of aromatic nitrogens is 3. The van der Waals surface area contributed by atoms with E-state index in [4.69, 9.17) is 4.42 Å². The van der Waals surface area contributed by atoms with Gasteiger partial charge in [0.2, 0.25) is 11.7 Å². The molecule has 0 aliphatic rings. The maximum Gasteiger partial charge on any atom is 0.227 e. The second-order valence-corrected chi connectivity index (χ2v) is 5.88. The van der Waals surface area contributed by atoms with Gasteiger partial charge in [-0.05, 0) is 24.1 Å². The molecule has 1 aromatic carbocycles. The third-order valence-electron chi connectivity index (χ3n) is 4.03. The van der Waals surface area contributed by atoms with E-state index in [2.05, 4.69) is 27.4 Å². The van der Waals surface area contributed by atoms with Crippen LogP contribution < -0.4 is 5.32 Å². The van der Waals surface area contributed by atoms with E-state index >= 15 is 0 Å². The number of carbonyl (C=O) groups is 1. The van der Waals surface area contributed by atoms with Gasteiger partial charge in [0.05, 0.1) is 12.2 Å². The molecule has 0 saturated heterocycles. The van der Waals surface area contributed by atoms with Gasteiger partial charge in [0.15, 0.2) is 5.76 Å². The van der Waals surface area contributed by atoms with Gasteiger partial charge in [-0.2, -0.15) is 5.10 Å². The monoisotopic (exact) mass is 338 g/mol. The Morgan fingerprint density at radius 3 is 2.80 bits per heavy atom. The lowest BCUT2D eigenvalue weighted by molar-refractivity contribution is -0.122. The zero-order valence-electron chi connectivity index (χ0n) is 14.2.